The maximum absolute atomic E-state index is 11.5. The highest BCUT2D eigenvalue weighted by molar-refractivity contribution is 7.13. The summed E-state index contributed by atoms with van der Waals surface area (Å²) >= 11 is 7.61. The Balaban J connectivity index is 2.32. The van der Waals surface area contributed by atoms with Gasteiger partial charge in [-0.3, -0.25) is 4.98 Å². The zero-order valence-electron chi connectivity index (χ0n) is 9.14. The summed E-state index contributed by atoms with van der Waals surface area (Å²) in [5.41, 5.74) is 1.06. The summed E-state index contributed by atoms with van der Waals surface area (Å²) in [5, 5.41) is 2.33. The van der Waals surface area contributed by atoms with Crippen molar-refractivity contribution in [3.05, 3.63) is 40.4 Å². The standard InChI is InChI=1S/C12H10ClNO2S/c1-2-16-12(15)8-7-14-10(6-9(8)13)11-4-3-5-17-11/h3-7H,2H2,1H3. The molecule has 0 bridgehead atoms. The lowest BCUT2D eigenvalue weighted by molar-refractivity contribution is 0.0526. The topological polar surface area (TPSA) is 39.2 Å². The molecule has 2 aromatic rings. The van der Waals surface area contributed by atoms with Gasteiger partial charge in [0.2, 0.25) is 0 Å². The molecule has 0 atom stereocenters. The van der Waals surface area contributed by atoms with Gasteiger partial charge in [0.25, 0.3) is 0 Å². The normalized spacial score (nSPS) is 10.2. The zero-order chi connectivity index (χ0) is 12.3. The Morgan fingerprint density at radius 3 is 3.00 bits per heavy atom. The van der Waals surface area contributed by atoms with E-state index in [2.05, 4.69) is 4.98 Å². The van der Waals surface area contributed by atoms with Crippen LogP contribution in [0, 0.1) is 0 Å². The number of esters is 1. The molecule has 0 aliphatic carbocycles. The molecule has 0 N–H and O–H groups in total. The zero-order valence-corrected chi connectivity index (χ0v) is 10.7. The highest BCUT2D eigenvalue weighted by Crippen LogP contribution is 2.26. The molecule has 5 heteroatoms. The van der Waals surface area contributed by atoms with E-state index < -0.39 is 5.97 Å². The van der Waals surface area contributed by atoms with Gasteiger partial charge in [-0.1, -0.05) is 17.7 Å². The molecular weight excluding hydrogens is 258 g/mol. The molecule has 2 aromatic heterocycles. The highest BCUT2D eigenvalue weighted by Gasteiger charge is 2.13. The van der Waals surface area contributed by atoms with Crippen molar-refractivity contribution >= 4 is 28.9 Å². The van der Waals surface area contributed by atoms with Crippen molar-refractivity contribution in [2.24, 2.45) is 0 Å². The number of thiophene rings is 1. The SMILES string of the molecule is CCOC(=O)c1cnc(-c2cccs2)cc1Cl. The van der Waals surface area contributed by atoms with Gasteiger partial charge < -0.3 is 4.74 Å². The molecule has 0 aliphatic heterocycles. The highest BCUT2D eigenvalue weighted by atomic mass is 35.5. The fraction of sp³-hybridized carbons (Fsp3) is 0.167. The Morgan fingerprint density at radius 1 is 1.59 bits per heavy atom. The van der Waals surface area contributed by atoms with Gasteiger partial charge in [0.05, 0.1) is 27.8 Å². The molecule has 3 nitrogen and oxygen atoms in total. The van der Waals surface area contributed by atoms with Gasteiger partial charge in [-0.05, 0) is 24.4 Å². The number of halogens is 1. The van der Waals surface area contributed by atoms with E-state index in [1.807, 2.05) is 17.5 Å². The lowest BCUT2D eigenvalue weighted by atomic mass is 10.2. The number of ether oxygens (including phenoxy) is 1. The summed E-state index contributed by atoms with van der Waals surface area (Å²) in [5.74, 6) is -0.442. The third-order valence-electron chi connectivity index (χ3n) is 2.12. The molecule has 0 saturated carbocycles. The summed E-state index contributed by atoms with van der Waals surface area (Å²) in [6.07, 6.45) is 1.45. The molecule has 0 unspecified atom stereocenters. The van der Waals surface area contributed by atoms with Crippen LogP contribution >= 0.6 is 22.9 Å². The maximum atomic E-state index is 11.5. The van der Waals surface area contributed by atoms with Gasteiger partial charge in [0.1, 0.15) is 0 Å². The number of pyridine rings is 1. The second-order valence-electron chi connectivity index (χ2n) is 3.25. The van der Waals surface area contributed by atoms with Crippen molar-refractivity contribution in [3.8, 4) is 10.6 Å². The van der Waals surface area contributed by atoms with Crippen LogP contribution in [0.15, 0.2) is 29.8 Å². The van der Waals surface area contributed by atoms with Crippen LogP contribution < -0.4 is 0 Å². The summed E-state index contributed by atoms with van der Waals surface area (Å²) in [6.45, 7) is 2.07. The van der Waals surface area contributed by atoms with Gasteiger partial charge in [0, 0.05) is 6.20 Å². The van der Waals surface area contributed by atoms with Gasteiger partial charge in [0.15, 0.2) is 0 Å². The summed E-state index contributed by atoms with van der Waals surface area (Å²) < 4.78 is 4.88. The molecular formula is C12H10ClNO2S. The molecule has 2 rings (SSSR count). The molecule has 2 heterocycles. The van der Waals surface area contributed by atoms with Crippen molar-refractivity contribution in [2.75, 3.05) is 6.61 Å². The lowest BCUT2D eigenvalue weighted by Crippen LogP contribution is -2.06. The molecule has 0 radical (unpaired) electrons. The number of carbonyl (C=O) groups is 1. The third kappa shape index (κ3) is 2.65. The molecule has 17 heavy (non-hydrogen) atoms. The number of aromatic nitrogens is 1. The fourth-order valence-corrected chi connectivity index (χ4v) is 2.27. The van der Waals surface area contributed by atoms with Crippen molar-refractivity contribution < 1.29 is 9.53 Å². The van der Waals surface area contributed by atoms with Gasteiger partial charge >= 0.3 is 5.97 Å². The second-order valence-corrected chi connectivity index (χ2v) is 4.60. The average Bonchev–Trinajstić information content (AvgIpc) is 2.82. The van der Waals surface area contributed by atoms with E-state index in [0.717, 1.165) is 10.6 Å². The largest absolute Gasteiger partial charge is 0.462 e. The number of hydrogen-bond acceptors (Lipinski definition) is 4. The quantitative estimate of drug-likeness (QED) is 0.797. The third-order valence-corrected chi connectivity index (χ3v) is 3.33. The van der Waals surface area contributed by atoms with Crippen molar-refractivity contribution in [1.82, 2.24) is 4.98 Å². The molecule has 0 spiro atoms. The van der Waals surface area contributed by atoms with Gasteiger partial charge in [-0.2, -0.15) is 0 Å². The van der Waals surface area contributed by atoms with Crippen molar-refractivity contribution in [1.29, 1.82) is 0 Å². The second kappa shape index (κ2) is 5.29. The van der Waals surface area contributed by atoms with Crippen LogP contribution in [0.5, 0.6) is 0 Å². The van der Waals surface area contributed by atoms with E-state index in [4.69, 9.17) is 16.3 Å². The fourth-order valence-electron chi connectivity index (χ4n) is 1.35. The molecule has 0 aromatic carbocycles. The van der Waals surface area contributed by atoms with Crippen LogP contribution in [0.1, 0.15) is 17.3 Å². The van der Waals surface area contributed by atoms with Crippen LogP contribution in [0.25, 0.3) is 10.6 Å². The van der Waals surface area contributed by atoms with E-state index in [0.29, 0.717) is 17.2 Å². The first-order chi connectivity index (χ1) is 8.22. The van der Waals surface area contributed by atoms with Crippen molar-refractivity contribution in [3.63, 3.8) is 0 Å². The van der Waals surface area contributed by atoms with E-state index in [9.17, 15) is 4.79 Å². The Hall–Kier alpha value is -1.39. The van der Waals surface area contributed by atoms with Gasteiger partial charge in [-0.25, -0.2) is 4.79 Å². The van der Waals surface area contributed by atoms with E-state index in [-0.39, 0.29) is 0 Å². The first kappa shape index (κ1) is 12.1. The van der Waals surface area contributed by atoms with Crippen LogP contribution in [0.3, 0.4) is 0 Å². The monoisotopic (exact) mass is 267 g/mol. The lowest BCUT2D eigenvalue weighted by Gasteiger charge is -2.04. The van der Waals surface area contributed by atoms with Gasteiger partial charge in [-0.15, -0.1) is 11.3 Å². The molecule has 0 aliphatic rings. The van der Waals surface area contributed by atoms with E-state index >= 15 is 0 Å². The number of rotatable bonds is 3. The predicted octanol–water partition coefficient (Wildman–Crippen LogP) is 3.64. The van der Waals surface area contributed by atoms with Crippen molar-refractivity contribution in [2.45, 2.75) is 6.92 Å². The summed E-state index contributed by atoms with van der Waals surface area (Å²) in [7, 11) is 0. The Labute approximate surface area is 108 Å². The van der Waals surface area contributed by atoms with Crippen LogP contribution in [-0.2, 0) is 4.74 Å². The van der Waals surface area contributed by atoms with Crippen LogP contribution in [-0.4, -0.2) is 17.6 Å². The number of hydrogen-bond donors (Lipinski definition) is 0. The van der Waals surface area contributed by atoms with Crippen LogP contribution in [0.4, 0.5) is 0 Å². The van der Waals surface area contributed by atoms with Crippen LogP contribution in [0.2, 0.25) is 5.02 Å². The summed E-state index contributed by atoms with van der Waals surface area (Å²) in [6, 6.07) is 5.57. The first-order valence-electron chi connectivity index (χ1n) is 5.09. The molecule has 0 saturated heterocycles. The Morgan fingerprint density at radius 2 is 2.41 bits per heavy atom. The van der Waals surface area contributed by atoms with E-state index in [1.54, 1.807) is 24.3 Å². The minimum Gasteiger partial charge on any atom is -0.462 e. The maximum Gasteiger partial charge on any atom is 0.341 e. The predicted molar refractivity (Wildman–Crippen MR) is 68.5 cm³/mol. The first-order valence-corrected chi connectivity index (χ1v) is 6.34. The summed E-state index contributed by atoms with van der Waals surface area (Å²) in [4.78, 5) is 16.7. The molecule has 88 valence electrons. The van der Waals surface area contributed by atoms with E-state index in [1.165, 1.54) is 6.20 Å². The smallest absolute Gasteiger partial charge is 0.341 e. The average molecular weight is 268 g/mol. The Bertz CT molecular complexity index is 525. The minimum atomic E-state index is -0.442. The number of nitrogens with zero attached hydrogens (tertiary/aromatic N) is 1. The minimum absolute atomic E-state index is 0.300. The number of carbonyl (C=O) groups excluding carboxylic acids is 1. The Kier molecular flexibility index (Phi) is 3.76. The molecule has 0 fully saturated rings. The molecule has 0 amide bonds.